The molecular formula is C21H24ClFN6O. The highest BCUT2D eigenvalue weighted by molar-refractivity contribution is 5.85. The van der Waals surface area contributed by atoms with Crippen molar-refractivity contribution >= 4 is 41.6 Å². The topological polar surface area (TPSA) is 75.2 Å². The molecule has 2 aromatic carbocycles. The fraction of sp³-hybridized carbons (Fsp3) is 0.286. The molecule has 30 heavy (non-hydrogen) atoms. The van der Waals surface area contributed by atoms with E-state index >= 15 is 0 Å². The van der Waals surface area contributed by atoms with Gasteiger partial charge in [0.25, 0.3) is 0 Å². The maximum Gasteiger partial charge on any atom is 0.233 e. The van der Waals surface area contributed by atoms with Crippen molar-refractivity contribution in [2.45, 2.75) is 13.8 Å². The Morgan fingerprint density at radius 3 is 2.17 bits per heavy atom. The van der Waals surface area contributed by atoms with Crippen molar-refractivity contribution in [2.75, 3.05) is 41.8 Å². The number of halogens is 2. The molecule has 3 aromatic rings. The molecule has 0 spiro atoms. The average molecular weight is 431 g/mol. The van der Waals surface area contributed by atoms with Crippen molar-refractivity contribution in [3.05, 3.63) is 59.4 Å². The van der Waals surface area contributed by atoms with Crippen molar-refractivity contribution in [1.82, 2.24) is 15.0 Å². The van der Waals surface area contributed by atoms with E-state index in [4.69, 9.17) is 4.74 Å². The van der Waals surface area contributed by atoms with Crippen LogP contribution in [0.4, 0.5) is 33.6 Å². The molecule has 1 fully saturated rings. The summed E-state index contributed by atoms with van der Waals surface area (Å²) in [5.74, 6) is 0.988. The molecule has 0 saturated carbocycles. The zero-order valence-electron chi connectivity index (χ0n) is 16.9. The second kappa shape index (κ2) is 9.69. The van der Waals surface area contributed by atoms with Crippen LogP contribution in [0.25, 0.3) is 0 Å². The van der Waals surface area contributed by atoms with Gasteiger partial charge in [0.05, 0.1) is 13.2 Å². The minimum Gasteiger partial charge on any atom is -0.378 e. The van der Waals surface area contributed by atoms with Crippen LogP contribution < -0.4 is 15.5 Å². The van der Waals surface area contributed by atoms with Gasteiger partial charge in [0.15, 0.2) is 0 Å². The lowest BCUT2D eigenvalue weighted by atomic mass is 10.1. The summed E-state index contributed by atoms with van der Waals surface area (Å²) in [5.41, 5.74) is 3.86. The van der Waals surface area contributed by atoms with E-state index in [0.29, 0.717) is 49.8 Å². The second-order valence-electron chi connectivity index (χ2n) is 6.94. The van der Waals surface area contributed by atoms with Gasteiger partial charge in [0.2, 0.25) is 17.8 Å². The predicted molar refractivity (Wildman–Crippen MR) is 119 cm³/mol. The van der Waals surface area contributed by atoms with Gasteiger partial charge in [-0.15, -0.1) is 12.4 Å². The standard InChI is InChI=1S/C21H23FN6O.ClH/c1-14-6-7-18(12-15(14)2)24-20-25-19(23-17-5-3-4-16(22)13-17)26-21(27-20)28-8-10-29-11-9-28;/h3-7,12-13H,8-11H2,1-2H3,(H2,23,24,25,26,27);1H. The summed E-state index contributed by atoms with van der Waals surface area (Å²) in [7, 11) is 0. The van der Waals surface area contributed by atoms with Gasteiger partial charge in [-0.2, -0.15) is 15.0 Å². The maximum absolute atomic E-state index is 13.5. The van der Waals surface area contributed by atoms with Crippen molar-refractivity contribution in [2.24, 2.45) is 0 Å². The minimum absolute atomic E-state index is 0. The third-order valence-electron chi connectivity index (χ3n) is 4.76. The number of hydrogen-bond acceptors (Lipinski definition) is 7. The number of morpholine rings is 1. The summed E-state index contributed by atoms with van der Waals surface area (Å²) in [6, 6.07) is 12.3. The Morgan fingerprint density at radius 2 is 1.53 bits per heavy atom. The SMILES string of the molecule is Cc1ccc(Nc2nc(Nc3cccc(F)c3)nc(N3CCOCC3)n2)cc1C.Cl. The van der Waals surface area contributed by atoms with E-state index < -0.39 is 0 Å². The Bertz CT molecular complexity index is 1010. The molecule has 4 rings (SSSR count). The van der Waals surface area contributed by atoms with Gasteiger partial charge in [-0.25, -0.2) is 4.39 Å². The molecule has 0 bridgehead atoms. The van der Waals surface area contributed by atoms with Gasteiger partial charge in [-0.1, -0.05) is 12.1 Å². The van der Waals surface area contributed by atoms with Crippen LogP contribution in [0.3, 0.4) is 0 Å². The van der Waals surface area contributed by atoms with Crippen LogP contribution in [0.1, 0.15) is 11.1 Å². The van der Waals surface area contributed by atoms with Crippen LogP contribution in [0.2, 0.25) is 0 Å². The summed E-state index contributed by atoms with van der Waals surface area (Å²) in [6.45, 7) is 6.78. The highest BCUT2D eigenvalue weighted by Gasteiger charge is 2.17. The largest absolute Gasteiger partial charge is 0.378 e. The zero-order valence-corrected chi connectivity index (χ0v) is 17.7. The highest BCUT2D eigenvalue weighted by atomic mass is 35.5. The van der Waals surface area contributed by atoms with E-state index in [1.54, 1.807) is 12.1 Å². The van der Waals surface area contributed by atoms with Gasteiger partial charge in [-0.3, -0.25) is 0 Å². The number of hydrogen-bond donors (Lipinski definition) is 2. The fourth-order valence-electron chi connectivity index (χ4n) is 3.02. The second-order valence-corrected chi connectivity index (χ2v) is 6.94. The molecule has 1 aliphatic rings. The molecule has 158 valence electrons. The number of aromatic nitrogens is 3. The summed E-state index contributed by atoms with van der Waals surface area (Å²) in [4.78, 5) is 15.6. The van der Waals surface area contributed by atoms with Crippen molar-refractivity contribution in [3.8, 4) is 0 Å². The molecular weight excluding hydrogens is 407 g/mol. The number of aryl methyl sites for hydroxylation is 2. The molecule has 9 heteroatoms. The first-order valence-electron chi connectivity index (χ1n) is 9.52. The first-order valence-corrected chi connectivity index (χ1v) is 9.52. The molecule has 1 aromatic heterocycles. The van der Waals surface area contributed by atoms with E-state index in [-0.39, 0.29) is 18.2 Å². The number of benzene rings is 2. The van der Waals surface area contributed by atoms with Gasteiger partial charge < -0.3 is 20.3 Å². The summed E-state index contributed by atoms with van der Waals surface area (Å²) >= 11 is 0. The lowest BCUT2D eigenvalue weighted by Gasteiger charge is -2.27. The highest BCUT2D eigenvalue weighted by Crippen LogP contribution is 2.22. The van der Waals surface area contributed by atoms with E-state index in [0.717, 1.165) is 5.69 Å². The molecule has 0 amide bonds. The molecule has 0 radical (unpaired) electrons. The number of ether oxygens (including phenoxy) is 1. The first kappa shape index (κ1) is 21.7. The predicted octanol–water partition coefficient (Wildman–Crippen LogP) is 4.37. The van der Waals surface area contributed by atoms with Crippen molar-refractivity contribution in [1.29, 1.82) is 0 Å². The lowest BCUT2D eigenvalue weighted by Crippen LogP contribution is -2.37. The zero-order chi connectivity index (χ0) is 20.2. The smallest absolute Gasteiger partial charge is 0.233 e. The third-order valence-corrected chi connectivity index (χ3v) is 4.76. The quantitative estimate of drug-likeness (QED) is 0.622. The molecule has 0 atom stereocenters. The van der Waals surface area contributed by atoms with Crippen LogP contribution in [0.15, 0.2) is 42.5 Å². The molecule has 2 N–H and O–H groups in total. The Labute approximate surface area is 181 Å². The molecule has 2 heterocycles. The van der Waals surface area contributed by atoms with E-state index in [9.17, 15) is 4.39 Å². The molecule has 7 nitrogen and oxygen atoms in total. The fourth-order valence-corrected chi connectivity index (χ4v) is 3.02. The van der Waals surface area contributed by atoms with Crippen molar-refractivity contribution in [3.63, 3.8) is 0 Å². The Balaban J connectivity index is 0.00000256. The van der Waals surface area contributed by atoms with Crippen LogP contribution in [-0.2, 0) is 4.74 Å². The van der Waals surface area contributed by atoms with Crippen LogP contribution >= 0.6 is 12.4 Å². The van der Waals surface area contributed by atoms with E-state index in [2.05, 4.69) is 39.4 Å². The Morgan fingerprint density at radius 1 is 0.867 bits per heavy atom. The molecule has 1 saturated heterocycles. The average Bonchev–Trinajstić information content (AvgIpc) is 2.71. The number of rotatable bonds is 5. The number of nitrogens with one attached hydrogen (secondary N) is 2. The lowest BCUT2D eigenvalue weighted by molar-refractivity contribution is 0.122. The van der Waals surface area contributed by atoms with Gasteiger partial charge >= 0.3 is 0 Å². The van der Waals surface area contributed by atoms with Crippen LogP contribution in [0.5, 0.6) is 0 Å². The minimum atomic E-state index is -0.328. The van der Waals surface area contributed by atoms with Gasteiger partial charge in [0.1, 0.15) is 5.82 Å². The van der Waals surface area contributed by atoms with Crippen LogP contribution in [-0.4, -0.2) is 41.3 Å². The number of nitrogens with zero attached hydrogens (tertiary/aromatic N) is 4. The summed E-state index contributed by atoms with van der Waals surface area (Å²) in [6.07, 6.45) is 0. The molecule has 0 unspecified atom stereocenters. The first-order chi connectivity index (χ1) is 14.1. The van der Waals surface area contributed by atoms with Crippen LogP contribution in [0, 0.1) is 19.7 Å². The Kier molecular flexibility index (Phi) is 7.02. The third kappa shape index (κ3) is 5.34. The van der Waals surface area contributed by atoms with E-state index in [1.165, 1.54) is 23.3 Å². The summed E-state index contributed by atoms with van der Waals surface area (Å²) in [5, 5.41) is 6.33. The monoisotopic (exact) mass is 430 g/mol. The van der Waals surface area contributed by atoms with Gasteiger partial charge in [0, 0.05) is 24.5 Å². The molecule has 1 aliphatic heterocycles. The van der Waals surface area contributed by atoms with Gasteiger partial charge in [-0.05, 0) is 55.3 Å². The number of anilines is 5. The Hall–Kier alpha value is -2.97. The molecule has 0 aliphatic carbocycles. The van der Waals surface area contributed by atoms with Crippen molar-refractivity contribution < 1.29 is 9.13 Å². The maximum atomic E-state index is 13.5. The normalized spacial score (nSPS) is 13.5. The van der Waals surface area contributed by atoms with E-state index in [1.807, 2.05) is 23.1 Å². The summed E-state index contributed by atoms with van der Waals surface area (Å²) < 4.78 is 19.0.